The average molecular weight is 762 g/mol. The summed E-state index contributed by atoms with van der Waals surface area (Å²) >= 11 is 0. The van der Waals surface area contributed by atoms with E-state index in [0.717, 1.165) is 56.7 Å². The average Bonchev–Trinajstić information content (AvgIpc) is 3.31. The lowest BCUT2D eigenvalue weighted by Gasteiger charge is -2.17. The van der Waals surface area contributed by atoms with Crippen molar-refractivity contribution in [2.24, 2.45) is 0 Å². The van der Waals surface area contributed by atoms with E-state index >= 15 is 0 Å². The molecule has 4 nitrogen and oxygen atoms in total. The number of rotatable bonds is 11. The molecular weight excluding hydrogens is 719 g/mol. The van der Waals surface area contributed by atoms with Crippen LogP contribution in [-0.4, -0.2) is 15.0 Å². The first-order valence-corrected chi connectivity index (χ1v) is 20.2. The summed E-state index contributed by atoms with van der Waals surface area (Å²) in [5.41, 5.74) is 11.8. The molecule has 1 atom stereocenters. The monoisotopic (exact) mass is 761 g/mol. The van der Waals surface area contributed by atoms with Gasteiger partial charge in [0.05, 0.1) is 0 Å². The molecule has 1 aromatic heterocycles. The fourth-order valence-corrected chi connectivity index (χ4v) is 7.76. The van der Waals surface area contributed by atoms with Crippen LogP contribution in [0.5, 0.6) is 5.75 Å². The fraction of sp³-hybridized carbons (Fsp3) is 0.0727. The number of fused-ring (bicyclic) bond motifs is 1. The van der Waals surface area contributed by atoms with Crippen molar-refractivity contribution in [3.8, 4) is 73.3 Å². The van der Waals surface area contributed by atoms with Gasteiger partial charge < -0.3 is 4.74 Å². The van der Waals surface area contributed by atoms with Gasteiger partial charge in [0, 0.05) is 22.3 Å². The SMILES string of the molecule is C=C(Oc1ccccc1[C@H](C)CC)c1ccc(-c2ccccc2-c2cccc3c(-c4cccc(-c5nc(-c6ccccc6)nc(-c6ccccc6)n5)c4)cccc23)cc1. The van der Waals surface area contributed by atoms with Gasteiger partial charge in [0.25, 0.3) is 0 Å². The highest BCUT2D eigenvalue weighted by molar-refractivity contribution is 6.06. The third-order valence-electron chi connectivity index (χ3n) is 11.1. The summed E-state index contributed by atoms with van der Waals surface area (Å²) < 4.78 is 6.36. The topological polar surface area (TPSA) is 47.9 Å². The quantitative estimate of drug-likeness (QED) is 0.123. The molecule has 0 aliphatic carbocycles. The minimum Gasteiger partial charge on any atom is -0.457 e. The van der Waals surface area contributed by atoms with E-state index in [-0.39, 0.29) is 0 Å². The van der Waals surface area contributed by atoms with E-state index in [1.54, 1.807) is 0 Å². The van der Waals surface area contributed by atoms with Crippen molar-refractivity contribution in [1.82, 2.24) is 15.0 Å². The van der Waals surface area contributed by atoms with Crippen LogP contribution in [-0.2, 0) is 0 Å². The summed E-state index contributed by atoms with van der Waals surface area (Å²) in [7, 11) is 0. The predicted molar refractivity (Wildman–Crippen MR) is 245 cm³/mol. The first-order valence-electron chi connectivity index (χ1n) is 20.2. The molecule has 59 heavy (non-hydrogen) atoms. The van der Waals surface area contributed by atoms with Crippen LogP contribution in [0.2, 0.25) is 0 Å². The van der Waals surface area contributed by atoms with E-state index < -0.39 is 0 Å². The van der Waals surface area contributed by atoms with E-state index in [4.69, 9.17) is 19.7 Å². The van der Waals surface area contributed by atoms with Gasteiger partial charge >= 0.3 is 0 Å². The van der Waals surface area contributed by atoms with Gasteiger partial charge in [-0.1, -0.05) is 202 Å². The largest absolute Gasteiger partial charge is 0.457 e. The highest BCUT2D eigenvalue weighted by Crippen LogP contribution is 2.40. The maximum Gasteiger partial charge on any atom is 0.164 e. The fourth-order valence-electron chi connectivity index (χ4n) is 7.76. The third kappa shape index (κ3) is 7.69. The predicted octanol–water partition coefficient (Wildman–Crippen LogP) is 14.6. The molecule has 0 aliphatic heterocycles. The molecule has 0 unspecified atom stereocenters. The van der Waals surface area contributed by atoms with Crippen molar-refractivity contribution in [2.45, 2.75) is 26.2 Å². The maximum absolute atomic E-state index is 6.36. The van der Waals surface area contributed by atoms with Crippen molar-refractivity contribution >= 4 is 16.5 Å². The van der Waals surface area contributed by atoms with Crippen LogP contribution in [0.4, 0.5) is 0 Å². The molecule has 0 aliphatic rings. The molecule has 0 saturated heterocycles. The number of nitrogens with zero attached hydrogens (tertiary/aromatic N) is 3. The standard InChI is InChI=1S/C55H43N3O/c1-4-37(2)45-24-13-14-31-52(45)59-38(3)39-32-34-40(35-33-39)46-25-11-12-26-48(46)50-30-17-28-49-47(27-16-29-51(49)50)43-22-15-23-44(36-43)55-57-53(41-18-7-5-8-19-41)56-54(58-55)42-20-9-6-10-21-42/h5-37H,3-4H2,1-2H3/t37-/m1/s1. The molecule has 9 rings (SSSR count). The summed E-state index contributed by atoms with van der Waals surface area (Å²) in [5, 5.41) is 2.35. The van der Waals surface area contributed by atoms with Gasteiger partial charge in [0.2, 0.25) is 0 Å². The smallest absolute Gasteiger partial charge is 0.164 e. The van der Waals surface area contributed by atoms with Gasteiger partial charge in [-0.15, -0.1) is 0 Å². The van der Waals surface area contributed by atoms with Gasteiger partial charge in [-0.25, -0.2) is 15.0 Å². The van der Waals surface area contributed by atoms with Crippen LogP contribution >= 0.6 is 0 Å². The van der Waals surface area contributed by atoms with Gasteiger partial charge in [0.1, 0.15) is 11.5 Å². The van der Waals surface area contributed by atoms with Crippen molar-refractivity contribution in [2.75, 3.05) is 0 Å². The second-order valence-corrected chi connectivity index (χ2v) is 14.8. The number of aromatic nitrogens is 3. The zero-order chi connectivity index (χ0) is 40.1. The lowest BCUT2D eigenvalue weighted by atomic mass is 9.89. The lowest BCUT2D eigenvalue weighted by Crippen LogP contribution is -2.00. The maximum atomic E-state index is 6.36. The minimum absolute atomic E-state index is 0.400. The van der Waals surface area contributed by atoms with Crippen LogP contribution in [0.1, 0.15) is 37.3 Å². The second-order valence-electron chi connectivity index (χ2n) is 14.8. The van der Waals surface area contributed by atoms with E-state index in [1.165, 1.54) is 27.5 Å². The molecule has 0 radical (unpaired) electrons. The summed E-state index contributed by atoms with van der Waals surface area (Å²) in [6.07, 6.45) is 1.04. The van der Waals surface area contributed by atoms with Crippen molar-refractivity contribution in [3.05, 3.63) is 212 Å². The molecule has 4 heteroatoms. The Labute approximate surface area is 346 Å². The van der Waals surface area contributed by atoms with E-state index in [9.17, 15) is 0 Å². The first kappa shape index (κ1) is 37.2. The molecule has 9 aromatic rings. The number of benzene rings is 8. The molecule has 0 bridgehead atoms. The summed E-state index contributed by atoms with van der Waals surface area (Å²) in [6, 6.07) is 67.3. The minimum atomic E-state index is 0.400. The van der Waals surface area contributed by atoms with Gasteiger partial charge in [0.15, 0.2) is 17.5 Å². The number of hydrogen-bond donors (Lipinski definition) is 0. The molecule has 0 spiro atoms. The van der Waals surface area contributed by atoms with Crippen LogP contribution in [0.25, 0.3) is 84.1 Å². The normalized spacial score (nSPS) is 11.6. The zero-order valence-electron chi connectivity index (χ0n) is 33.2. The Bertz CT molecular complexity index is 2860. The first-order chi connectivity index (χ1) is 29.0. The van der Waals surface area contributed by atoms with Crippen LogP contribution in [0, 0.1) is 0 Å². The number of hydrogen-bond acceptors (Lipinski definition) is 4. The Kier molecular flexibility index (Phi) is 10.4. The van der Waals surface area contributed by atoms with Crippen LogP contribution in [0.3, 0.4) is 0 Å². The summed E-state index contributed by atoms with van der Waals surface area (Å²) in [6.45, 7) is 8.73. The van der Waals surface area contributed by atoms with Crippen LogP contribution in [0.15, 0.2) is 201 Å². The molecular formula is C55H43N3O. The molecule has 8 aromatic carbocycles. The molecule has 284 valence electrons. The van der Waals surface area contributed by atoms with Crippen molar-refractivity contribution in [3.63, 3.8) is 0 Å². The highest BCUT2D eigenvalue weighted by Gasteiger charge is 2.17. The summed E-state index contributed by atoms with van der Waals surface area (Å²) in [5.74, 6) is 3.82. The van der Waals surface area contributed by atoms with Gasteiger partial charge in [-0.05, 0) is 74.2 Å². The summed E-state index contributed by atoms with van der Waals surface area (Å²) in [4.78, 5) is 14.9. The Hall–Kier alpha value is -7.43. The molecule has 0 amide bonds. The third-order valence-corrected chi connectivity index (χ3v) is 11.1. The van der Waals surface area contributed by atoms with E-state index in [0.29, 0.717) is 29.2 Å². The lowest BCUT2D eigenvalue weighted by molar-refractivity contribution is 0.501. The van der Waals surface area contributed by atoms with Crippen molar-refractivity contribution in [1.29, 1.82) is 0 Å². The van der Waals surface area contributed by atoms with E-state index in [1.807, 2.05) is 72.8 Å². The Morgan fingerprint density at radius 1 is 0.458 bits per heavy atom. The number of para-hydroxylation sites is 1. The second kappa shape index (κ2) is 16.6. The Morgan fingerprint density at radius 3 is 1.61 bits per heavy atom. The van der Waals surface area contributed by atoms with E-state index in [2.05, 4.69) is 142 Å². The van der Waals surface area contributed by atoms with Crippen molar-refractivity contribution < 1.29 is 4.74 Å². The zero-order valence-corrected chi connectivity index (χ0v) is 33.2. The van der Waals surface area contributed by atoms with Gasteiger partial charge in [-0.2, -0.15) is 0 Å². The Balaban J connectivity index is 1.06. The number of ether oxygens (including phenoxy) is 1. The Morgan fingerprint density at radius 2 is 0.949 bits per heavy atom. The van der Waals surface area contributed by atoms with Gasteiger partial charge in [-0.3, -0.25) is 0 Å². The molecule has 0 fully saturated rings. The molecule has 0 saturated carbocycles. The highest BCUT2D eigenvalue weighted by atomic mass is 16.5. The van der Waals surface area contributed by atoms with Crippen LogP contribution < -0.4 is 4.74 Å². The molecule has 1 heterocycles. The molecule has 0 N–H and O–H groups in total.